The molecular weight excluding hydrogens is 323 g/mol. The molecule has 0 spiro atoms. The molecule has 5 nitrogen and oxygen atoms in total. The van der Waals surface area contributed by atoms with E-state index < -0.39 is 45.2 Å². The van der Waals surface area contributed by atoms with Crippen LogP contribution in [0, 0.1) is 6.92 Å². The van der Waals surface area contributed by atoms with Gasteiger partial charge in [-0.3, -0.25) is 4.79 Å². The monoisotopic (exact) mass is 339 g/mol. The second kappa shape index (κ2) is 6.25. The fourth-order valence-electron chi connectivity index (χ4n) is 1.86. The summed E-state index contributed by atoms with van der Waals surface area (Å²) in [6.45, 7) is 3.43. The minimum absolute atomic E-state index is 0.115. The highest BCUT2D eigenvalue weighted by molar-refractivity contribution is 7.89. The maximum absolute atomic E-state index is 12.8. The van der Waals surface area contributed by atoms with Crippen LogP contribution in [0.2, 0.25) is 0 Å². The van der Waals surface area contributed by atoms with Gasteiger partial charge in [0, 0.05) is 6.04 Å². The van der Waals surface area contributed by atoms with Crippen LogP contribution >= 0.6 is 0 Å². The molecule has 124 valence electrons. The summed E-state index contributed by atoms with van der Waals surface area (Å²) in [5.41, 5.74) is -0.986. The van der Waals surface area contributed by atoms with Crippen molar-refractivity contribution in [2.45, 2.75) is 37.9 Å². The average Bonchev–Trinajstić information content (AvgIpc) is 2.34. The van der Waals surface area contributed by atoms with E-state index in [1.165, 1.54) is 20.8 Å². The van der Waals surface area contributed by atoms with Gasteiger partial charge in [0.25, 0.3) is 0 Å². The molecule has 0 aliphatic rings. The zero-order valence-electron chi connectivity index (χ0n) is 12.2. The number of aliphatic carboxylic acids is 1. The molecule has 0 aliphatic carbocycles. The Balaban J connectivity index is 3.46. The van der Waals surface area contributed by atoms with Crippen LogP contribution in [0.15, 0.2) is 23.1 Å². The lowest BCUT2D eigenvalue weighted by molar-refractivity contribution is -0.138. The summed E-state index contributed by atoms with van der Waals surface area (Å²) in [6.07, 6.45) is -4.69. The van der Waals surface area contributed by atoms with E-state index in [1.807, 2.05) is 0 Å². The maximum Gasteiger partial charge on any atom is 0.416 e. The quantitative estimate of drug-likeness (QED) is 0.894. The van der Waals surface area contributed by atoms with E-state index in [9.17, 15) is 26.4 Å². The lowest BCUT2D eigenvalue weighted by Crippen LogP contribution is -2.40. The number of rotatable bonds is 5. The Kier molecular flexibility index (Phi) is 5.24. The molecular formula is C13H16F3NO4S. The van der Waals surface area contributed by atoms with E-state index in [4.69, 9.17) is 5.11 Å². The Labute approximate surface area is 126 Å². The maximum atomic E-state index is 12.8. The predicted octanol–water partition coefficient (Wildman–Crippen LogP) is 2.50. The highest BCUT2D eigenvalue weighted by atomic mass is 32.2. The number of hydrogen-bond acceptors (Lipinski definition) is 3. The molecule has 1 aromatic carbocycles. The molecule has 0 aliphatic heterocycles. The minimum atomic E-state index is -4.69. The Bertz CT molecular complexity index is 668. The van der Waals surface area contributed by atoms with Crippen LogP contribution in [-0.4, -0.2) is 36.4 Å². The molecule has 22 heavy (non-hydrogen) atoms. The van der Waals surface area contributed by atoms with E-state index in [0.29, 0.717) is 10.4 Å². The number of aryl methyl sites for hydroxylation is 1. The summed E-state index contributed by atoms with van der Waals surface area (Å²) in [4.78, 5) is 10.3. The Morgan fingerprint density at radius 2 is 1.86 bits per heavy atom. The lowest BCUT2D eigenvalue weighted by atomic mass is 10.1. The number of sulfonamides is 1. The number of carboxylic acids is 1. The van der Waals surface area contributed by atoms with Gasteiger partial charge < -0.3 is 5.11 Å². The number of halogens is 3. The van der Waals surface area contributed by atoms with Gasteiger partial charge in [0.15, 0.2) is 0 Å². The standard InChI is InChI=1S/C13H16F3NO4S/c1-8(2)17(7-12(18)19)22(20,21)11-6-10(13(14,15)16)5-4-9(11)3/h4-6,8H,7H2,1-3H3,(H,18,19). The lowest BCUT2D eigenvalue weighted by Gasteiger charge is -2.25. The zero-order chi connectivity index (χ0) is 17.3. The number of alkyl halides is 3. The van der Waals surface area contributed by atoms with Crippen molar-refractivity contribution in [1.29, 1.82) is 0 Å². The molecule has 1 aromatic rings. The molecule has 0 saturated carbocycles. The van der Waals surface area contributed by atoms with Gasteiger partial charge in [-0.05, 0) is 38.5 Å². The molecule has 0 atom stereocenters. The highest BCUT2D eigenvalue weighted by Gasteiger charge is 2.35. The van der Waals surface area contributed by atoms with Crippen LogP contribution < -0.4 is 0 Å². The molecule has 9 heteroatoms. The van der Waals surface area contributed by atoms with Crippen molar-refractivity contribution < 1.29 is 31.5 Å². The number of nitrogens with zero attached hydrogens (tertiary/aromatic N) is 1. The number of benzene rings is 1. The number of hydrogen-bond donors (Lipinski definition) is 1. The predicted molar refractivity (Wildman–Crippen MR) is 72.8 cm³/mol. The van der Waals surface area contributed by atoms with Crippen molar-refractivity contribution in [1.82, 2.24) is 4.31 Å². The first-order valence-corrected chi connectivity index (χ1v) is 7.73. The molecule has 0 amide bonds. The van der Waals surface area contributed by atoms with E-state index in [2.05, 4.69) is 0 Å². The average molecular weight is 339 g/mol. The summed E-state index contributed by atoms with van der Waals surface area (Å²) in [5, 5.41) is 8.81. The van der Waals surface area contributed by atoms with E-state index in [0.717, 1.165) is 12.1 Å². The Morgan fingerprint density at radius 3 is 2.27 bits per heavy atom. The smallest absolute Gasteiger partial charge is 0.416 e. The van der Waals surface area contributed by atoms with Gasteiger partial charge in [0.1, 0.15) is 6.54 Å². The summed E-state index contributed by atoms with van der Waals surface area (Å²) in [5.74, 6) is -1.39. The molecule has 0 aromatic heterocycles. The first kappa shape index (κ1) is 18.4. The number of carboxylic acid groups (broad SMARTS) is 1. The van der Waals surface area contributed by atoms with Gasteiger partial charge in [0.2, 0.25) is 10.0 Å². The largest absolute Gasteiger partial charge is 0.480 e. The van der Waals surface area contributed by atoms with Gasteiger partial charge in [-0.2, -0.15) is 17.5 Å². The van der Waals surface area contributed by atoms with Crippen LogP contribution in [0.1, 0.15) is 25.0 Å². The second-order valence-electron chi connectivity index (χ2n) is 5.02. The molecule has 1 rings (SSSR count). The first-order valence-electron chi connectivity index (χ1n) is 6.29. The SMILES string of the molecule is Cc1ccc(C(F)(F)F)cc1S(=O)(=O)N(CC(=O)O)C(C)C. The molecule has 0 unspecified atom stereocenters. The third-order valence-corrected chi connectivity index (χ3v) is 5.13. The molecule has 0 bridgehead atoms. The molecule has 0 saturated heterocycles. The molecule has 1 N–H and O–H groups in total. The Hall–Kier alpha value is -1.61. The van der Waals surface area contributed by atoms with Gasteiger partial charge >= 0.3 is 12.1 Å². The van der Waals surface area contributed by atoms with Crippen molar-refractivity contribution in [3.8, 4) is 0 Å². The van der Waals surface area contributed by atoms with Crippen molar-refractivity contribution >= 4 is 16.0 Å². The van der Waals surface area contributed by atoms with Crippen LogP contribution in [0.3, 0.4) is 0 Å². The minimum Gasteiger partial charge on any atom is -0.480 e. The van der Waals surface area contributed by atoms with E-state index >= 15 is 0 Å². The van der Waals surface area contributed by atoms with Gasteiger partial charge in [-0.1, -0.05) is 6.07 Å². The zero-order valence-corrected chi connectivity index (χ0v) is 13.0. The summed E-state index contributed by atoms with van der Waals surface area (Å²) < 4.78 is 63.9. The van der Waals surface area contributed by atoms with Crippen LogP contribution in [0.5, 0.6) is 0 Å². The summed E-state index contributed by atoms with van der Waals surface area (Å²) in [7, 11) is -4.36. The third kappa shape index (κ3) is 3.98. The topological polar surface area (TPSA) is 74.7 Å². The van der Waals surface area contributed by atoms with Crippen molar-refractivity contribution in [3.63, 3.8) is 0 Å². The third-order valence-electron chi connectivity index (χ3n) is 2.97. The second-order valence-corrected chi connectivity index (χ2v) is 6.87. The fraction of sp³-hybridized carbons (Fsp3) is 0.462. The van der Waals surface area contributed by atoms with E-state index in [1.54, 1.807) is 0 Å². The molecule has 0 fully saturated rings. The van der Waals surface area contributed by atoms with Crippen molar-refractivity contribution in [2.24, 2.45) is 0 Å². The highest BCUT2D eigenvalue weighted by Crippen LogP contribution is 2.32. The van der Waals surface area contributed by atoms with Crippen LogP contribution in [0.25, 0.3) is 0 Å². The van der Waals surface area contributed by atoms with Gasteiger partial charge in [0.05, 0.1) is 10.5 Å². The normalized spacial score (nSPS) is 12.9. The first-order chi connectivity index (χ1) is 9.87. The van der Waals surface area contributed by atoms with Crippen molar-refractivity contribution in [2.75, 3.05) is 6.54 Å². The summed E-state index contributed by atoms with van der Waals surface area (Å²) >= 11 is 0. The molecule has 0 heterocycles. The summed E-state index contributed by atoms with van der Waals surface area (Å²) in [6, 6.07) is 1.65. The van der Waals surface area contributed by atoms with E-state index in [-0.39, 0.29) is 5.56 Å². The molecule has 0 radical (unpaired) electrons. The number of carbonyl (C=O) groups is 1. The van der Waals surface area contributed by atoms with Gasteiger partial charge in [-0.25, -0.2) is 8.42 Å². The van der Waals surface area contributed by atoms with Gasteiger partial charge in [-0.15, -0.1) is 0 Å². The van der Waals surface area contributed by atoms with Crippen LogP contribution in [-0.2, 0) is 21.0 Å². The van der Waals surface area contributed by atoms with Crippen LogP contribution in [0.4, 0.5) is 13.2 Å². The Morgan fingerprint density at radius 1 is 1.32 bits per heavy atom. The van der Waals surface area contributed by atoms with Crippen molar-refractivity contribution in [3.05, 3.63) is 29.3 Å². The fourth-order valence-corrected chi connectivity index (χ4v) is 3.70.